The third-order valence-corrected chi connectivity index (χ3v) is 4.27. The van der Waals surface area contributed by atoms with Crippen molar-refractivity contribution in [3.8, 4) is 5.75 Å². The Morgan fingerprint density at radius 2 is 1.41 bits per heavy atom. The van der Waals surface area contributed by atoms with Gasteiger partial charge in [-0.3, -0.25) is 13.2 Å². The van der Waals surface area contributed by atoms with E-state index in [1.165, 1.54) is 7.11 Å². The maximum absolute atomic E-state index is 11.2. The Bertz CT molecular complexity index is 775. The van der Waals surface area contributed by atoms with Crippen molar-refractivity contribution in [3.63, 3.8) is 0 Å². The summed E-state index contributed by atoms with van der Waals surface area (Å²) in [6, 6.07) is 4.76. The Labute approximate surface area is 159 Å². The quantitative estimate of drug-likeness (QED) is 0.278. The monoisotopic (exact) mass is 424 g/mol. The van der Waals surface area contributed by atoms with Gasteiger partial charge in [0.25, 0.3) is 20.2 Å². The molecule has 0 N–H and O–H groups in total. The Balaban J connectivity index is 2.76. The van der Waals surface area contributed by atoms with Gasteiger partial charge < -0.3 is 9.47 Å². The topological polar surface area (TPSA) is 122 Å². The molecule has 0 saturated carbocycles. The fourth-order valence-corrected chi connectivity index (χ4v) is 2.69. The second-order valence-electron chi connectivity index (χ2n) is 5.80. The third kappa shape index (κ3) is 11.6. The first kappa shape index (κ1) is 23.3. The molecule has 27 heavy (non-hydrogen) atoms. The molecule has 0 aliphatic carbocycles. The van der Waals surface area contributed by atoms with Crippen LogP contribution in [0.4, 0.5) is 0 Å². The average Bonchev–Trinajstić information content (AvgIpc) is 2.56. The van der Waals surface area contributed by atoms with E-state index in [0.717, 1.165) is 12.5 Å². The summed E-state index contributed by atoms with van der Waals surface area (Å²) in [6.45, 7) is -0.117. The highest BCUT2D eigenvalue weighted by atomic mass is 32.2. The smallest absolute Gasteiger partial charge is 0.305 e. The van der Waals surface area contributed by atoms with Crippen molar-refractivity contribution in [1.82, 2.24) is 0 Å². The number of carbonyl (C=O) groups excluding carboxylic acids is 1. The molecule has 9 nitrogen and oxygen atoms in total. The molecular formula is C16H24O9S2. The predicted molar refractivity (Wildman–Crippen MR) is 97.1 cm³/mol. The lowest BCUT2D eigenvalue weighted by Crippen LogP contribution is -2.06. The number of unbranched alkanes of at least 4 members (excludes halogenated alkanes) is 1. The molecule has 0 spiro atoms. The molecule has 0 heterocycles. The highest BCUT2D eigenvalue weighted by molar-refractivity contribution is 7.86. The van der Waals surface area contributed by atoms with Gasteiger partial charge in [0, 0.05) is 6.42 Å². The number of rotatable bonds is 12. The summed E-state index contributed by atoms with van der Waals surface area (Å²) in [4.78, 5) is 11.1. The van der Waals surface area contributed by atoms with Crippen LogP contribution >= 0.6 is 0 Å². The van der Waals surface area contributed by atoms with Crippen LogP contribution in [0.1, 0.15) is 30.4 Å². The number of esters is 1. The van der Waals surface area contributed by atoms with E-state index in [1.54, 1.807) is 18.2 Å². The summed E-state index contributed by atoms with van der Waals surface area (Å²) >= 11 is 0. The first-order chi connectivity index (χ1) is 12.5. The fraction of sp³-hybridized carbons (Fsp3) is 0.562. The van der Waals surface area contributed by atoms with Crippen LogP contribution in [0.25, 0.3) is 0 Å². The Morgan fingerprint density at radius 1 is 0.889 bits per heavy atom. The molecule has 1 rings (SSSR count). The van der Waals surface area contributed by atoms with E-state index in [-0.39, 0.29) is 25.6 Å². The van der Waals surface area contributed by atoms with Gasteiger partial charge in [-0.1, -0.05) is 6.07 Å². The van der Waals surface area contributed by atoms with Crippen LogP contribution in [0, 0.1) is 0 Å². The second-order valence-corrected chi connectivity index (χ2v) is 9.09. The third-order valence-electron chi connectivity index (χ3n) is 3.18. The predicted octanol–water partition coefficient (Wildman–Crippen LogP) is 1.36. The standard InChI is InChI=1S/C16H24O9S2/c1-22-16(17)6-4-5-7-23-15-9-13(11-24-26(2,18)19)8-14(10-15)12-25-27(3,20)21/h8-10H,4-7,11-12H2,1-3H3. The van der Waals surface area contributed by atoms with Gasteiger partial charge in [0.15, 0.2) is 0 Å². The van der Waals surface area contributed by atoms with Crippen LogP contribution in [-0.4, -0.2) is 49.0 Å². The molecule has 0 unspecified atom stereocenters. The number of carbonyl (C=O) groups is 1. The zero-order valence-corrected chi connectivity index (χ0v) is 17.1. The normalized spacial score (nSPS) is 12.0. The van der Waals surface area contributed by atoms with Crippen molar-refractivity contribution in [3.05, 3.63) is 29.3 Å². The largest absolute Gasteiger partial charge is 0.494 e. The van der Waals surface area contributed by atoms with Crippen molar-refractivity contribution in [2.45, 2.75) is 32.5 Å². The van der Waals surface area contributed by atoms with E-state index >= 15 is 0 Å². The lowest BCUT2D eigenvalue weighted by atomic mass is 10.1. The van der Waals surface area contributed by atoms with Gasteiger partial charge in [-0.15, -0.1) is 0 Å². The van der Waals surface area contributed by atoms with Gasteiger partial charge in [-0.05, 0) is 36.1 Å². The molecule has 0 radical (unpaired) electrons. The number of hydrogen-bond donors (Lipinski definition) is 0. The van der Waals surface area contributed by atoms with Crippen LogP contribution in [-0.2, 0) is 51.3 Å². The lowest BCUT2D eigenvalue weighted by Gasteiger charge is -2.11. The van der Waals surface area contributed by atoms with Crippen LogP contribution in [0.3, 0.4) is 0 Å². The van der Waals surface area contributed by atoms with Crippen LogP contribution in [0.15, 0.2) is 18.2 Å². The first-order valence-electron chi connectivity index (χ1n) is 8.00. The van der Waals surface area contributed by atoms with Gasteiger partial charge in [-0.2, -0.15) is 16.8 Å². The summed E-state index contributed by atoms with van der Waals surface area (Å²) in [5, 5.41) is 0. The minimum atomic E-state index is -3.63. The zero-order chi connectivity index (χ0) is 20.5. The van der Waals surface area contributed by atoms with Gasteiger partial charge >= 0.3 is 5.97 Å². The Kier molecular flexibility index (Phi) is 9.16. The maximum atomic E-state index is 11.2. The molecule has 1 aromatic rings. The molecule has 0 saturated heterocycles. The first-order valence-corrected chi connectivity index (χ1v) is 11.6. The molecule has 0 aliphatic rings. The molecule has 0 fully saturated rings. The van der Waals surface area contributed by atoms with Crippen molar-refractivity contribution in [2.24, 2.45) is 0 Å². The molecule has 0 aliphatic heterocycles. The molecular weight excluding hydrogens is 400 g/mol. The maximum Gasteiger partial charge on any atom is 0.305 e. The van der Waals surface area contributed by atoms with E-state index in [4.69, 9.17) is 13.1 Å². The van der Waals surface area contributed by atoms with E-state index in [2.05, 4.69) is 4.74 Å². The van der Waals surface area contributed by atoms with Crippen LogP contribution in [0.5, 0.6) is 5.75 Å². The molecule has 0 amide bonds. The van der Waals surface area contributed by atoms with E-state index in [0.29, 0.717) is 36.3 Å². The SMILES string of the molecule is COC(=O)CCCCOc1cc(COS(C)(=O)=O)cc(COS(C)(=O)=O)c1. The van der Waals surface area contributed by atoms with Crippen LogP contribution < -0.4 is 4.74 Å². The Morgan fingerprint density at radius 3 is 1.85 bits per heavy atom. The van der Waals surface area contributed by atoms with E-state index in [9.17, 15) is 21.6 Å². The van der Waals surface area contributed by atoms with E-state index < -0.39 is 20.2 Å². The van der Waals surface area contributed by atoms with Gasteiger partial charge in [-0.25, -0.2) is 0 Å². The van der Waals surface area contributed by atoms with Crippen molar-refractivity contribution >= 4 is 26.2 Å². The molecule has 0 bridgehead atoms. The highest BCUT2D eigenvalue weighted by Crippen LogP contribution is 2.20. The average molecular weight is 424 g/mol. The number of benzene rings is 1. The molecule has 11 heteroatoms. The molecule has 0 atom stereocenters. The van der Waals surface area contributed by atoms with E-state index in [1.807, 2.05) is 0 Å². The minimum Gasteiger partial charge on any atom is -0.494 e. The number of hydrogen-bond acceptors (Lipinski definition) is 9. The summed E-state index contributed by atoms with van der Waals surface area (Å²) in [7, 11) is -5.94. The van der Waals surface area contributed by atoms with Crippen molar-refractivity contribution in [2.75, 3.05) is 26.2 Å². The number of methoxy groups -OCH3 is 1. The number of ether oxygens (including phenoxy) is 2. The summed E-state index contributed by atoms with van der Waals surface area (Å²) < 4.78 is 64.3. The van der Waals surface area contributed by atoms with Gasteiger partial charge in [0.1, 0.15) is 5.75 Å². The minimum absolute atomic E-state index is 0.218. The van der Waals surface area contributed by atoms with Crippen molar-refractivity contribution in [1.29, 1.82) is 0 Å². The fourth-order valence-electron chi connectivity index (χ4n) is 1.99. The molecule has 1 aromatic carbocycles. The summed E-state index contributed by atoms with van der Waals surface area (Å²) in [5.74, 6) is 0.116. The van der Waals surface area contributed by atoms with Crippen molar-refractivity contribution < 1.29 is 39.5 Å². The lowest BCUT2D eigenvalue weighted by molar-refractivity contribution is -0.140. The van der Waals surface area contributed by atoms with Gasteiger partial charge in [0.2, 0.25) is 0 Å². The molecule has 154 valence electrons. The second kappa shape index (κ2) is 10.6. The summed E-state index contributed by atoms with van der Waals surface area (Å²) in [6.07, 6.45) is 3.35. The zero-order valence-electron chi connectivity index (χ0n) is 15.5. The molecule has 0 aromatic heterocycles. The summed E-state index contributed by atoms with van der Waals surface area (Å²) in [5.41, 5.74) is 0.971. The van der Waals surface area contributed by atoms with Gasteiger partial charge in [0.05, 0.1) is 39.4 Å². The highest BCUT2D eigenvalue weighted by Gasteiger charge is 2.09. The van der Waals surface area contributed by atoms with Crippen LogP contribution in [0.2, 0.25) is 0 Å². The Hall–Kier alpha value is -1.69.